The molecule has 1 heterocycles. The van der Waals surface area contributed by atoms with Crippen molar-refractivity contribution in [2.24, 2.45) is 0 Å². The first-order valence-electron chi connectivity index (χ1n) is 7.16. The van der Waals surface area contributed by atoms with Crippen LogP contribution in [0.3, 0.4) is 0 Å². The third-order valence-electron chi connectivity index (χ3n) is 3.64. The number of methoxy groups -OCH3 is 1. The summed E-state index contributed by atoms with van der Waals surface area (Å²) in [6.07, 6.45) is 4.31. The lowest BCUT2D eigenvalue weighted by Gasteiger charge is -2.17. The van der Waals surface area contributed by atoms with Gasteiger partial charge in [-0.25, -0.2) is 0 Å². The molecule has 1 N–H and O–H groups in total. The van der Waals surface area contributed by atoms with Crippen molar-refractivity contribution in [2.45, 2.75) is 39.9 Å². The van der Waals surface area contributed by atoms with E-state index < -0.39 is 0 Å². The number of nitrogens with one attached hydrogen (secondary N) is 1. The third kappa shape index (κ3) is 3.42. The molecule has 0 amide bonds. The first-order chi connectivity index (χ1) is 9.63. The van der Waals surface area contributed by atoms with Gasteiger partial charge >= 0.3 is 0 Å². The molecule has 0 aliphatic heterocycles. The van der Waals surface area contributed by atoms with Gasteiger partial charge < -0.3 is 14.6 Å². The lowest BCUT2D eigenvalue weighted by Crippen LogP contribution is -2.18. The quantitative estimate of drug-likeness (QED) is 0.868. The lowest BCUT2D eigenvalue weighted by molar-refractivity contribution is 0.401. The Morgan fingerprint density at radius 2 is 2.10 bits per heavy atom. The van der Waals surface area contributed by atoms with Crippen LogP contribution in [-0.4, -0.2) is 11.7 Å². The van der Waals surface area contributed by atoms with Crippen LogP contribution in [0.5, 0.6) is 5.75 Å². The van der Waals surface area contributed by atoms with E-state index >= 15 is 0 Å². The average Bonchev–Trinajstić information content (AvgIpc) is 2.92. The van der Waals surface area contributed by atoms with E-state index in [2.05, 4.69) is 61.2 Å². The fourth-order valence-electron chi connectivity index (χ4n) is 2.36. The van der Waals surface area contributed by atoms with Gasteiger partial charge in [-0.3, -0.25) is 0 Å². The van der Waals surface area contributed by atoms with Crippen molar-refractivity contribution in [3.63, 3.8) is 0 Å². The second kappa shape index (κ2) is 6.62. The van der Waals surface area contributed by atoms with Crippen molar-refractivity contribution in [1.82, 2.24) is 9.88 Å². The van der Waals surface area contributed by atoms with E-state index in [1.54, 1.807) is 7.11 Å². The van der Waals surface area contributed by atoms with E-state index in [0.717, 1.165) is 18.8 Å². The van der Waals surface area contributed by atoms with Crippen molar-refractivity contribution < 1.29 is 4.74 Å². The fourth-order valence-corrected chi connectivity index (χ4v) is 2.36. The Bertz CT molecular complexity index is 560. The summed E-state index contributed by atoms with van der Waals surface area (Å²) in [5.74, 6) is 0.946. The molecule has 0 radical (unpaired) electrons. The molecule has 20 heavy (non-hydrogen) atoms. The van der Waals surface area contributed by atoms with E-state index in [1.807, 2.05) is 6.07 Å². The molecule has 0 saturated heterocycles. The molecule has 1 aromatic carbocycles. The van der Waals surface area contributed by atoms with Crippen LogP contribution >= 0.6 is 0 Å². The number of ether oxygens (including phenoxy) is 1. The van der Waals surface area contributed by atoms with E-state index in [-0.39, 0.29) is 6.04 Å². The minimum atomic E-state index is 0.259. The summed E-state index contributed by atoms with van der Waals surface area (Å²) in [5.41, 5.74) is 3.78. The Morgan fingerprint density at radius 3 is 2.75 bits per heavy atom. The van der Waals surface area contributed by atoms with E-state index in [9.17, 15) is 0 Å². The minimum Gasteiger partial charge on any atom is -0.496 e. The van der Waals surface area contributed by atoms with Crippen LogP contribution in [0.25, 0.3) is 0 Å². The number of aromatic nitrogens is 1. The minimum absolute atomic E-state index is 0.259. The molecule has 3 nitrogen and oxygen atoms in total. The second-order valence-electron chi connectivity index (χ2n) is 5.20. The molecule has 0 saturated carbocycles. The number of aryl methyl sites for hydroxylation is 2. The number of hydrogen-bond donors (Lipinski definition) is 1. The van der Waals surface area contributed by atoms with Crippen LogP contribution in [0.2, 0.25) is 0 Å². The summed E-state index contributed by atoms with van der Waals surface area (Å²) >= 11 is 0. The highest BCUT2D eigenvalue weighted by molar-refractivity contribution is 5.38. The van der Waals surface area contributed by atoms with Crippen LogP contribution in [0.4, 0.5) is 0 Å². The van der Waals surface area contributed by atoms with Crippen molar-refractivity contribution in [3.8, 4) is 5.75 Å². The van der Waals surface area contributed by atoms with E-state index in [1.165, 1.54) is 16.7 Å². The molecule has 3 heteroatoms. The molecule has 0 fully saturated rings. The van der Waals surface area contributed by atoms with Gasteiger partial charge in [-0.05, 0) is 38.5 Å². The van der Waals surface area contributed by atoms with Crippen molar-refractivity contribution in [2.75, 3.05) is 7.11 Å². The Morgan fingerprint density at radius 1 is 1.30 bits per heavy atom. The van der Waals surface area contributed by atoms with Gasteiger partial charge in [0.15, 0.2) is 0 Å². The van der Waals surface area contributed by atoms with Crippen molar-refractivity contribution in [1.29, 1.82) is 0 Å². The molecule has 0 spiro atoms. The predicted molar refractivity (Wildman–Crippen MR) is 83.1 cm³/mol. The van der Waals surface area contributed by atoms with Crippen LogP contribution in [0.15, 0.2) is 36.7 Å². The molecule has 0 aliphatic rings. The Balaban J connectivity index is 2.04. The zero-order valence-electron chi connectivity index (χ0n) is 12.8. The fraction of sp³-hybridized carbons (Fsp3) is 0.412. The Kier molecular flexibility index (Phi) is 4.85. The van der Waals surface area contributed by atoms with Crippen LogP contribution < -0.4 is 10.1 Å². The van der Waals surface area contributed by atoms with Gasteiger partial charge in [0.2, 0.25) is 0 Å². The topological polar surface area (TPSA) is 26.2 Å². The highest BCUT2D eigenvalue weighted by atomic mass is 16.5. The summed E-state index contributed by atoms with van der Waals surface area (Å²) in [5, 5.41) is 3.56. The number of rotatable bonds is 6. The van der Waals surface area contributed by atoms with E-state index in [0.29, 0.717) is 0 Å². The second-order valence-corrected chi connectivity index (χ2v) is 5.20. The molecular weight excluding hydrogens is 248 g/mol. The van der Waals surface area contributed by atoms with Crippen LogP contribution in [-0.2, 0) is 13.1 Å². The third-order valence-corrected chi connectivity index (χ3v) is 3.64. The summed E-state index contributed by atoms with van der Waals surface area (Å²) in [7, 11) is 1.72. The predicted octanol–water partition coefficient (Wildman–Crippen LogP) is 3.68. The number of benzene rings is 1. The Hall–Kier alpha value is -1.74. The zero-order chi connectivity index (χ0) is 14.5. The van der Waals surface area contributed by atoms with Gasteiger partial charge in [-0.15, -0.1) is 0 Å². The standard InChI is InChI=1S/C17H24N2O/c1-5-19-9-8-15(12-19)11-18-14(3)16-10-13(2)6-7-17(16)20-4/h6-10,12,14,18H,5,11H2,1-4H3. The maximum atomic E-state index is 5.45. The molecule has 108 valence electrons. The van der Waals surface area contributed by atoms with Gasteiger partial charge in [0.25, 0.3) is 0 Å². The molecule has 1 aromatic heterocycles. The summed E-state index contributed by atoms with van der Waals surface area (Å²) in [6.45, 7) is 8.31. The zero-order valence-corrected chi connectivity index (χ0v) is 12.8. The van der Waals surface area contributed by atoms with E-state index in [4.69, 9.17) is 4.74 Å². The van der Waals surface area contributed by atoms with Gasteiger partial charge in [-0.1, -0.05) is 17.7 Å². The molecule has 1 unspecified atom stereocenters. The maximum absolute atomic E-state index is 5.45. The van der Waals surface area contributed by atoms with Crippen LogP contribution in [0, 0.1) is 6.92 Å². The molecule has 1 atom stereocenters. The molecule has 0 bridgehead atoms. The first kappa shape index (κ1) is 14.7. The normalized spacial score (nSPS) is 12.4. The van der Waals surface area contributed by atoms with Crippen LogP contribution in [0.1, 0.15) is 36.6 Å². The summed E-state index contributed by atoms with van der Waals surface area (Å²) in [6, 6.07) is 8.73. The van der Waals surface area contributed by atoms with Gasteiger partial charge in [0.05, 0.1) is 7.11 Å². The van der Waals surface area contributed by atoms with Crippen molar-refractivity contribution in [3.05, 3.63) is 53.3 Å². The molecular formula is C17H24N2O. The molecule has 2 rings (SSSR count). The largest absolute Gasteiger partial charge is 0.496 e. The average molecular weight is 272 g/mol. The first-order valence-corrected chi connectivity index (χ1v) is 7.16. The van der Waals surface area contributed by atoms with Crippen molar-refractivity contribution >= 4 is 0 Å². The number of hydrogen-bond acceptors (Lipinski definition) is 2. The van der Waals surface area contributed by atoms with Gasteiger partial charge in [0.1, 0.15) is 5.75 Å². The van der Waals surface area contributed by atoms with Gasteiger partial charge in [-0.2, -0.15) is 0 Å². The van der Waals surface area contributed by atoms with Gasteiger partial charge in [0, 0.05) is 37.1 Å². The highest BCUT2D eigenvalue weighted by Gasteiger charge is 2.11. The Labute approximate surface area is 121 Å². The summed E-state index contributed by atoms with van der Waals surface area (Å²) in [4.78, 5) is 0. The SMILES string of the molecule is CCn1ccc(CNC(C)c2cc(C)ccc2OC)c1. The number of nitrogens with zero attached hydrogens (tertiary/aromatic N) is 1. The monoisotopic (exact) mass is 272 g/mol. The molecule has 2 aromatic rings. The molecule has 0 aliphatic carbocycles. The summed E-state index contributed by atoms with van der Waals surface area (Å²) < 4.78 is 7.64. The maximum Gasteiger partial charge on any atom is 0.123 e. The smallest absolute Gasteiger partial charge is 0.123 e. The highest BCUT2D eigenvalue weighted by Crippen LogP contribution is 2.26. The lowest BCUT2D eigenvalue weighted by atomic mass is 10.0.